The Kier molecular flexibility index (Phi) is 5.66. The van der Waals surface area contributed by atoms with Crippen LogP contribution in [0.3, 0.4) is 0 Å². The number of carbonyl (C=O) groups excluding carboxylic acids is 1. The first-order valence-electron chi connectivity index (χ1n) is 9.33. The molecule has 0 unspecified atom stereocenters. The van der Waals surface area contributed by atoms with E-state index >= 15 is 0 Å². The maximum absolute atomic E-state index is 14.1. The Labute approximate surface area is 189 Å². The minimum Gasteiger partial charge on any atom is -0.497 e. The number of anilines is 2. The van der Waals surface area contributed by atoms with Gasteiger partial charge in [-0.05, 0) is 42.5 Å². The maximum atomic E-state index is 14.1. The molecule has 0 N–H and O–H groups in total. The number of carbonyl (C=O) groups is 1. The van der Waals surface area contributed by atoms with Crippen LogP contribution < -0.4 is 14.4 Å². The maximum Gasteiger partial charge on any atom is 0.214 e. The number of halogens is 2. The molecule has 0 saturated heterocycles. The number of Topliss-reactive ketones (excluding diaryl/α,β-unsaturated/α-hetero) is 1. The molecule has 0 radical (unpaired) electrons. The highest BCUT2D eigenvalue weighted by molar-refractivity contribution is 7.96. The lowest BCUT2D eigenvalue weighted by atomic mass is 10.1. The summed E-state index contributed by atoms with van der Waals surface area (Å²) in [5.74, 6) is -0.467. The molecular weight excluding hydrogens is 457 g/mol. The molecule has 0 fully saturated rings. The number of hydrogen-bond acceptors (Lipinski definition) is 6. The van der Waals surface area contributed by atoms with Crippen molar-refractivity contribution in [2.75, 3.05) is 19.1 Å². The quantitative estimate of drug-likeness (QED) is 0.377. The van der Waals surface area contributed by atoms with Gasteiger partial charge >= 0.3 is 0 Å². The molecule has 1 aliphatic rings. The molecule has 0 saturated carbocycles. The van der Waals surface area contributed by atoms with Gasteiger partial charge in [0.05, 0.1) is 30.5 Å². The number of ketones is 1. The average molecular weight is 474 g/mol. The van der Waals surface area contributed by atoms with E-state index in [1.54, 1.807) is 18.2 Å². The minimum absolute atomic E-state index is 0.0629. The molecule has 0 spiro atoms. The van der Waals surface area contributed by atoms with Crippen molar-refractivity contribution in [3.8, 4) is 11.5 Å². The third-order valence-corrected chi connectivity index (χ3v) is 7.00. The predicted molar refractivity (Wildman–Crippen MR) is 119 cm³/mol. The molecule has 0 atom stereocenters. The van der Waals surface area contributed by atoms with Gasteiger partial charge < -0.3 is 14.4 Å². The third kappa shape index (κ3) is 3.83. The van der Waals surface area contributed by atoms with Crippen LogP contribution in [0, 0.1) is 5.82 Å². The Morgan fingerprint density at radius 1 is 0.938 bits per heavy atom. The van der Waals surface area contributed by atoms with Gasteiger partial charge in [0.25, 0.3) is 0 Å². The third-order valence-electron chi connectivity index (χ3n) is 4.95. The highest BCUT2D eigenvalue weighted by Gasteiger charge is 2.36. The van der Waals surface area contributed by atoms with Crippen LogP contribution in [0.5, 0.6) is 11.5 Å². The van der Waals surface area contributed by atoms with E-state index in [-0.39, 0.29) is 16.1 Å². The van der Waals surface area contributed by atoms with E-state index in [2.05, 4.69) is 0 Å². The number of nitrogens with zero attached hydrogens (tertiary/aromatic N) is 1. The average Bonchev–Trinajstić information content (AvgIpc) is 2.78. The van der Waals surface area contributed by atoms with E-state index < -0.39 is 26.3 Å². The number of methoxy groups -OCH3 is 2. The van der Waals surface area contributed by atoms with Gasteiger partial charge in [-0.2, -0.15) is 0 Å². The van der Waals surface area contributed by atoms with Crippen LogP contribution in [0.4, 0.5) is 15.8 Å². The summed E-state index contributed by atoms with van der Waals surface area (Å²) in [6.07, 6.45) is 1.18. The van der Waals surface area contributed by atoms with Crippen molar-refractivity contribution in [1.29, 1.82) is 0 Å². The molecule has 9 heteroatoms. The summed E-state index contributed by atoms with van der Waals surface area (Å²) >= 11 is 5.89. The van der Waals surface area contributed by atoms with Gasteiger partial charge in [0.15, 0.2) is 0 Å². The second kappa shape index (κ2) is 8.29. The molecule has 6 nitrogen and oxygen atoms in total. The van der Waals surface area contributed by atoms with Crippen molar-refractivity contribution in [2.45, 2.75) is 4.90 Å². The van der Waals surface area contributed by atoms with Crippen LogP contribution in [0.15, 0.2) is 76.7 Å². The summed E-state index contributed by atoms with van der Waals surface area (Å²) in [6.45, 7) is 0. The summed E-state index contributed by atoms with van der Waals surface area (Å²) in [7, 11) is -1.28. The summed E-state index contributed by atoms with van der Waals surface area (Å²) in [5.41, 5.74) is 0.635. The second-order valence-corrected chi connectivity index (χ2v) is 9.21. The Morgan fingerprint density at radius 3 is 2.16 bits per heavy atom. The lowest BCUT2D eigenvalue weighted by Gasteiger charge is -2.29. The Balaban J connectivity index is 1.95. The van der Waals surface area contributed by atoms with E-state index in [9.17, 15) is 17.6 Å². The zero-order chi connectivity index (χ0) is 23.0. The van der Waals surface area contributed by atoms with Crippen molar-refractivity contribution < 1.29 is 27.1 Å². The van der Waals surface area contributed by atoms with E-state index in [4.69, 9.17) is 21.1 Å². The summed E-state index contributed by atoms with van der Waals surface area (Å²) < 4.78 is 51.3. The molecular formula is C23H17ClFNO5S. The van der Waals surface area contributed by atoms with E-state index in [1.165, 1.54) is 49.6 Å². The fraction of sp³-hybridized carbons (Fsp3) is 0.0870. The normalized spacial score (nSPS) is 14.4. The molecule has 1 aliphatic heterocycles. The van der Waals surface area contributed by atoms with Gasteiger partial charge in [0, 0.05) is 35.0 Å². The molecule has 3 aromatic rings. The van der Waals surface area contributed by atoms with E-state index in [0.717, 1.165) is 18.2 Å². The van der Waals surface area contributed by atoms with Crippen LogP contribution >= 0.6 is 11.6 Å². The lowest BCUT2D eigenvalue weighted by molar-refractivity contribution is 0.104. The number of hydrogen-bond donors (Lipinski definition) is 0. The molecule has 1 heterocycles. The molecule has 164 valence electrons. The number of ether oxygens (including phenoxy) is 2. The molecule has 0 aliphatic carbocycles. The van der Waals surface area contributed by atoms with Crippen molar-refractivity contribution in [2.24, 2.45) is 0 Å². The zero-order valence-corrected chi connectivity index (χ0v) is 18.6. The van der Waals surface area contributed by atoms with E-state index in [1.807, 2.05) is 0 Å². The van der Waals surface area contributed by atoms with Crippen LogP contribution in [0.25, 0.3) is 0 Å². The van der Waals surface area contributed by atoms with Gasteiger partial charge in [-0.25, -0.2) is 12.8 Å². The molecule has 0 aromatic heterocycles. The monoisotopic (exact) mass is 473 g/mol. The van der Waals surface area contributed by atoms with Crippen LogP contribution in [-0.2, 0) is 9.84 Å². The van der Waals surface area contributed by atoms with Gasteiger partial charge in [0.2, 0.25) is 15.6 Å². The summed E-state index contributed by atoms with van der Waals surface area (Å²) in [5, 5.41) is 0.410. The fourth-order valence-electron chi connectivity index (χ4n) is 3.35. The summed E-state index contributed by atoms with van der Waals surface area (Å²) in [4.78, 5) is 14.0. The van der Waals surface area contributed by atoms with Crippen LogP contribution in [-0.4, -0.2) is 28.4 Å². The highest BCUT2D eigenvalue weighted by Crippen LogP contribution is 2.42. The first kappa shape index (κ1) is 21.9. The molecule has 32 heavy (non-hydrogen) atoms. The topological polar surface area (TPSA) is 72.9 Å². The number of rotatable bonds is 5. The first-order chi connectivity index (χ1) is 15.2. The first-order valence-corrected chi connectivity index (χ1v) is 11.2. The van der Waals surface area contributed by atoms with Gasteiger partial charge in [-0.3, -0.25) is 4.79 Å². The lowest BCUT2D eigenvalue weighted by Crippen LogP contribution is -2.26. The smallest absolute Gasteiger partial charge is 0.214 e. The summed E-state index contributed by atoms with van der Waals surface area (Å²) in [6, 6.07) is 14.0. The standard InChI is InChI=1S/C23H17ClFNO5S/c1-30-18-10-17(11-19(12-18)31-2)26-13-22(23(27)14-3-5-15(24)6-4-14)32(28,29)21-8-7-16(25)9-20(21)26/h3-13H,1-2H3. The number of sulfone groups is 1. The van der Waals surface area contributed by atoms with Crippen molar-refractivity contribution in [1.82, 2.24) is 0 Å². The molecule has 0 amide bonds. The zero-order valence-electron chi connectivity index (χ0n) is 17.0. The van der Waals surface area contributed by atoms with Gasteiger partial charge in [-0.1, -0.05) is 11.6 Å². The van der Waals surface area contributed by atoms with Crippen molar-refractivity contribution in [3.63, 3.8) is 0 Å². The van der Waals surface area contributed by atoms with Crippen LogP contribution in [0.1, 0.15) is 10.4 Å². The number of allylic oxidation sites excluding steroid dienone is 1. The molecule has 3 aromatic carbocycles. The largest absolute Gasteiger partial charge is 0.497 e. The molecule has 4 rings (SSSR count). The fourth-order valence-corrected chi connectivity index (χ4v) is 5.00. The van der Waals surface area contributed by atoms with Gasteiger partial charge in [0.1, 0.15) is 22.2 Å². The Morgan fingerprint density at radius 2 is 1.56 bits per heavy atom. The number of benzene rings is 3. The minimum atomic E-state index is -4.22. The second-order valence-electron chi connectivity index (χ2n) is 6.89. The van der Waals surface area contributed by atoms with Crippen molar-refractivity contribution >= 4 is 38.6 Å². The van der Waals surface area contributed by atoms with Crippen LogP contribution in [0.2, 0.25) is 5.02 Å². The Hall–Kier alpha value is -3.36. The van der Waals surface area contributed by atoms with Gasteiger partial charge in [-0.15, -0.1) is 0 Å². The van der Waals surface area contributed by atoms with E-state index in [0.29, 0.717) is 22.2 Å². The van der Waals surface area contributed by atoms with Crippen molar-refractivity contribution in [3.05, 3.63) is 88.2 Å². The predicted octanol–water partition coefficient (Wildman–Crippen LogP) is 5.15. The number of fused-ring (bicyclic) bond motifs is 1. The Bertz CT molecular complexity index is 1330. The SMILES string of the molecule is COc1cc(OC)cc(N2C=C(C(=O)c3ccc(Cl)cc3)S(=O)(=O)c3ccc(F)cc32)c1. The highest BCUT2D eigenvalue weighted by atomic mass is 35.5. The molecule has 0 bridgehead atoms.